The Bertz CT molecular complexity index is 980. The van der Waals surface area contributed by atoms with Crippen molar-refractivity contribution in [2.24, 2.45) is 0 Å². The van der Waals surface area contributed by atoms with Gasteiger partial charge in [0.1, 0.15) is 13.1 Å². The molecule has 1 N–H and O–H groups in total. The van der Waals surface area contributed by atoms with Gasteiger partial charge in [-0.05, 0) is 43.2 Å². The van der Waals surface area contributed by atoms with E-state index >= 15 is 0 Å². The highest BCUT2D eigenvalue weighted by Gasteiger charge is 2.23. The fourth-order valence-electron chi connectivity index (χ4n) is 3.75. The van der Waals surface area contributed by atoms with Crippen LogP contribution in [0.4, 0.5) is 5.13 Å². The molecule has 2 aromatic carbocycles. The monoisotopic (exact) mass is 410 g/mol. The number of benzene rings is 2. The number of nitrogens with one attached hydrogen (secondary N) is 1. The standard InChI is InChI=1S/C23H27N3O2S/c1-17-9-10-20-21(18(17)2)24-23(29-20)26(22(27)19-7-4-3-5-8-19)12-6-11-25-13-15-28-16-14-25/h3-5,7-10H,6,11-16H2,1-2H3/p+1. The Morgan fingerprint density at radius 3 is 2.66 bits per heavy atom. The Kier molecular flexibility index (Phi) is 6.23. The van der Waals surface area contributed by atoms with Crippen LogP contribution >= 0.6 is 11.3 Å². The van der Waals surface area contributed by atoms with Crippen molar-refractivity contribution in [3.63, 3.8) is 0 Å². The first-order valence-corrected chi connectivity index (χ1v) is 11.1. The first kappa shape index (κ1) is 20.0. The third kappa shape index (κ3) is 4.50. The van der Waals surface area contributed by atoms with Gasteiger partial charge in [0, 0.05) is 18.5 Å². The second kappa shape index (κ2) is 9.03. The molecule has 1 amide bonds. The van der Waals surface area contributed by atoms with Crippen LogP contribution < -0.4 is 9.80 Å². The van der Waals surface area contributed by atoms with Gasteiger partial charge in [0.25, 0.3) is 5.91 Å². The van der Waals surface area contributed by atoms with Crippen molar-refractivity contribution in [1.82, 2.24) is 4.98 Å². The molecular weight excluding hydrogens is 382 g/mol. The molecule has 0 aliphatic carbocycles. The number of carbonyl (C=O) groups excluding carboxylic acids is 1. The number of aromatic nitrogens is 1. The smallest absolute Gasteiger partial charge is 0.260 e. The lowest BCUT2D eigenvalue weighted by Gasteiger charge is -2.25. The van der Waals surface area contributed by atoms with E-state index in [1.54, 1.807) is 16.2 Å². The Hall–Kier alpha value is -2.28. The molecule has 1 aliphatic heterocycles. The van der Waals surface area contributed by atoms with Gasteiger partial charge in [-0.25, -0.2) is 4.98 Å². The van der Waals surface area contributed by atoms with Crippen molar-refractivity contribution in [1.29, 1.82) is 0 Å². The molecule has 6 heteroatoms. The molecule has 5 nitrogen and oxygen atoms in total. The van der Waals surface area contributed by atoms with Gasteiger partial charge >= 0.3 is 0 Å². The lowest BCUT2D eigenvalue weighted by molar-refractivity contribution is -0.908. The number of fused-ring (bicyclic) bond motifs is 1. The maximum Gasteiger partial charge on any atom is 0.260 e. The fourth-order valence-corrected chi connectivity index (χ4v) is 4.80. The Morgan fingerprint density at radius 1 is 1.14 bits per heavy atom. The van der Waals surface area contributed by atoms with Gasteiger partial charge in [0.2, 0.25) is 0 Å². The normalized spacial score (nSPS) is 15.0. The number of quaternary nitrogens is 1. The number of rotatable bonds is 6. The largest absolute Gasteiger partial charge is 0.370 e. The Morgan fingerprint density at radius 2 is 1.90 bits per heavy atom. The van der Waals surface area contributed by atoms with E-state index in [0.29, 0.717) is 12.1 Å². The van der Waals surface area contributed by atoms with E-state index in [1.807, 2.05) is 35.2 Å². The molecule has 0 atom stereocenters. The maximum absolute atomic E-state index is 13.3. The summed E-state index contributed by atoms with van der Waals surface area (Å²) < 4.78 is 6.59. The lowest BCUT2D eigenvalue weighted by Crippen LogP contribution is -3.14. The fraction of sp³-hybridized carbons (Fsp3) is 0.391. The molecule has 1 fully saturated rings. The van der Waals surface area contributed by atoms with Gasteiger partial charge in [-0.3, -0.25) is 9.69 Å². The Labute approximate surface area is 175 Å². The average Bonchev–Trinajstić information content (AvgIpc) is 3.19. The highest BCUT2D eigenvalue weighted by molar-refractivity contribution is 7.22. The van der Waals surface area contributed by atoms with Crippen LogP contribution in [0, 0.1) is 13.8 Å². The molecule has 1 aliphatic rings. The molecule has 1 aromatic heterocycles. The number of hydrogen-bond acceptors (Lipinski definition) is 4. The van der Waals surface area contributed by atoms with Crippen molar-refractivity contribution in [2.75, 3.05) is 44.3 Å². The van der Waals surface area contributed by atoms with Crippen LogP contribution in [0.1, 0.15) is 27.9 Å². The molecule has 0 spiro atoms. The summed E-state index contributed by atoms with van der Waals surface area (Å²) in [4.78, 5) is 21.6. The van der Waals surface area contributed by atoms with Crippen molar-refractivity contribution in [2.45, 2.75) is 20.3 Å². The summed E-state index contributed by atoms with van der Waals surface area (Å²) in [5.41, 5.74) is 4.13. The van der Waals surface area contributed by atoms with Gasteiger partial charge in [0.05, 0.1) is 30.0 Å². The third-order valence-electron chi connectivity index (χ3n) is 5.68. The number of morpholine rings is 1. The zero-order valence-corrected chi connectivity index (χ0v) is 17.9. The first-order valence-electron chi connectivity index (χ1n) is 10.3. The van der Waals surface area contributed by atoms with Crippen LogP contribution in [0.3, 0.4) is 0 Å². The van der Waals surface area contributed by atoms with Crippen molar-refractivity contribution in [3.8, 4) is 0 Å². The minimum Gasteiger partial charge on any atom is -0.370 e. The molecule has 3 aromatic rings. The van der Waals surface area contributed by atoms with E-state index in [4.69, 9.17) is 9.72 Å². The first-order chi connectivity index (χ1) is 14.1. The number of ether oxygens (including phenoxy) is 1. The summed E-state index contributed by atoms with van der Waals surface area (Å²) in [6.45, 7) is 9.69. The molecule has 0 saturated carbocycles. The summed E-state index contributed by atoms with van der Waals surface area (Å²) in [7, 11) is 0. The summed E-state index contributed by atoms with van der Waals surface area (Å²) in [5, 5.41) is 0.791. The number of thiazole rings is 1. The van der Waals surface area contributed by atoms with E-state index in [-0.39, 0.29) is 5.91 Å². The Balaban J connectivity index is 1.59. The molecule has 2 heterocycles. The molecule has 4 rings (SSSR count). The average molecular weight is 411 g/mol. The molecule has 0 radical (unpaired) electrons. The molecule has 152 valence electrons. The number of nitrogens with zero attached hydrogens (tertiary/aromatic N) is 2. The molecule has 1 saturated heterocycles. The van der Waals surface area contributed by atoms with E-state index in [2.05, 4.69) is 26.0 Å². The molecule has 29 heavy (non-hydrogen) atoms. The van der Waals surface area contributed by atoms with Crippen LogP contribution in [0.5, 0.6) is 0 Å². The van der Waals surface area contributed by atoms with Crippen molar-refractivity contribution >= 4 is 32.6 Å². The number of aryl methyl sites for hydroxylation is 2. The van der Waals surface area contributed by atoms with Gasteiger partial charge in [-0.2, -0.15) is 0 Å². The summed E-state index contributed by atoms with van der Waals surface area (Å²) >= 11 is 1.60. The van der Waals surface area contributed by atoms with Crippen LogP contribution in [0.25, 0.3) is 10.2 Å². The van der Waals surface area contributed by atoms with Gasteiger partial charge in [-0.15, -0.1) is 0 Å². The summed E-state index contributed by atoms with van der Waals surface area (Å²) in [5.74, 6) is 0.0241. The van der Waals surface area contributed by atoms with Gasteiger partial charge < -0.3 is 9.64 Å². The van der Waals surface area contributed by atoms with Crippen LogP contribution in [0.2, 0.25) is 0 Å². The van der Waals surface area contributed by atoms with E-state index in [9.17, 15) is 4.79 Å². The number of hydrogen-bond donors (Lipinski definition) is 1. The number of amides is 1. The molecule has 0 bridgehead atoms. The zero-order valence-electron chi connectivity index (χ0n) is 17.1. The van der Waals surface area contributed by atoms with Crippen LogP contribution in [0.15, 0.2) is 42.5 Å². The van der Waals surface area contributed by atoms with E-state index in [0.717, 1.165) is 54.6 Å². The summed E-state index contributed by atoms with van der Waals surface area (Å²) in [6.07, 6.45) is 0.946. The second-order valence-corrected chi connectivity index (χ2v) is 8.65. The van der Waals surface area contributed by atoms with Gasteiger partial charge in [0.15, 0.2) is 5.13 Å². The van der Waals surface area contributed by atoms with E-state index < -0.39 is 0 Å². The van der Waals surface area contributed by atoms with Crippen molar-refractivity contribution < 1.29 is 14.4 Å². The highest BCUT2D eigenvalue weighted by atomic mass is 32.1. The second-order valence-electron chi connectivity index (χ2n) is 7.64. The quantitative estimate of drug-likeness (QED) is 0.680. The minimum atomic E-state index is 0.0241. The van der Waals surface area contributed by atoms with E-state index in [1.165, 1.54) is 11.1 Å². The number of carbonyl (C=O) groups is 1. The highest BCUT2D eigenvalue weighted by Crippen LogP contribution is 2.32. The third-order valence-corrected chi connectivity index (χ3v) is 6.73. The predicted octanol–water partition coefficient (Wildman–Crippen LogP) is 2.87. The van der Waals surface area contributed by atoms with Crippen LogP contribution in [-0.2, 0) is 4.74 Å². The van der Waals surface area contributed by atoms with Gasteiger partial charge in [-0.1, -0.05) is 35.6 Å². The number of anilines is 1. The summed E-state index contributed by atoms with van der Waals surface area (Å²) in [6, 6.07) is 13.8. The SMILES string of the molecule is Cc1ccc2sc(N(CCC[NH+]3CCOCC3)C(=O)c3ccccc3)nc2c1C. The maximum atomic E-state index is 13.3. The zero-order chi connectivity index (χ0) is 20.2. The molecule has 0 unspecified atom stereocenters. The van der Waals surface area contributed by atoms with Crippen LogP contribution in [-0.4, -0.2) is 50.3 Å². The predicted molar refractivity (Wildman–Crippen MR) is 118 cm³/mol. The molecular formula is C23H28N3O2S+. The minimum absolute atomic E-state index is 0.0241. The lowest BCUT2D eigenvalue weighted by atomic mass is 10.1. The van der Waals surface area contributed by atoms with Crippen molar-refractivity contribution in [3.05, 3.63) is 59.2 Å². The topological polar surface area (TPSA) is 46.9 Å².